The van der Waals surface area contributed by atoms with Gasteiger partial charge in [-0.1, -0.05) is 30.3 Å². The molecule has 22 heavy (non-hydrogen) atoms. The highest BCUT2D eigenvalue weighted by atomic mass is 16.5. The Bertz CT molecular complexity index is 618. The highest BCUT2D eigenvalue weighted by Gasteiger charge is 2.25. The SMILES string of the molecule is C=CCc1ccc([C@@H]2CCCN2CCc2cnn(O)c2)cc1. The predicted molar refractivity (Wildman–Crippen MR) is 87.0 cm³/mol. The molecule has 2 aromatic rings. The molecule has 0 saturated carbocycles. The molecule has 2 heterocycles. The van der Waals surface area contributed by atoms with Crippen molar-refractivity contribution in [2.75, 3.05) is 13.1 Å². The van der Waals surface area contributed by atoms with Crippen LogP contribution in [0.15, 0.2) is 49.3 Å². The third kappa shape index (κ3) is 3.39. The third-order valence-electron chi connectivity index (χ3n) is 4.42. The van der Waals surface area contributed by atoms with Gasteiger partial charge < -0.3 is 5.21 Å². The van der Waals surface area contributed by atoms with Crippen LogP contribution in [0.25, 0.3) is 0 Å². The van der Waals surface area contributed by atoms with Crippen LogP contribution in [0.3, 0.4) is 0 Å². The summed E-state index contributed by atoms with van der Waals surface area (Å²) in [5.74, 6) is 0. The lowest BCUT2D eigenvalue weighted by Gasteiger charge is -2.24. The van der Waals surface area contributed by atoms with Crippen molar-refractivity contribution < 1.29 is 5.21 Å². The Labute approximate surface area is 131 Å². The molecular formula is C18H23N3O. The van der Waals surface area contributed by atoms with Gasteiger partial charge in [0.2, 0.25) is 0 Å². The van der Waals surface area contributed by atoms with Crippen LogP contribution in [-0.2, 0) is 12.8 Å². The van der Waals surface area contributed by atoms with Crippen LogP contribution in [0, 0.1) is 0 Å². The molecule has 1 fully saturated rings. The molecule has 0 radical (unpaired) electrons. The summed E-state index contributed by atoms with van der Waals surface area (Å²) in [5, 5.41) is 13.0. The number of hydrogen-bond acceptors (Lipinski definition) is 3. The Balaban J connectivity index is 1.63. The van der Waals surface area contributed by atoms with Gasteiger partial charge in [-0.15, -0.1) is 16.5 Å². The van der Waals surface area contributed by atoms with Crippen LogP contribution in [0.4, 0.5) is 0 Å². The van der Waals surface area contributed by atoms with Crippen molar-refractivity contribution in [3.63, 3.8) is 0 Å². The first kappa shape index (κ1) is 14.9. The molecule has 1 saturated heterocycles. The molecule has 1 atom stereocenters. The zero-order valence-electron chi connectivity index (χ0n) is 12.9. The molecule has 0 amide bonds. The molecule has 3 rings (SSSR count). The van der Waals surface area contributed by atoms with Gasteiger partial charge in [-0.25, -0.2) is 0 Å². The highest BCUT2D eigenvalue weighted by molar-refractivity contribution is 5.27. The van der Waals surface area contributed by atoms with E-state index in [4.69, 9.17) is 0 Å². The summed E-state index contributed by atoms with van der Waals surface area (Å²) in [7, 11) is 0. The summed E-state index contributed by atoms with van der Waals surface area (Å²) in [5.41, 5.74) is 3.80. The Morgan fingerprint density at radius 3 is 2.77 bits per heavy atom. The highest BCUT2D eigenvalue weighted by Crippen LogP contribution is 2.32. The Morgan fingerprint density at radius 1 is 1.27 bits per heavy atom. The fraction of sp³-hybridized carbons (Fsp3) is 0.389. The molecule has 0 spiro atoms. The van der Waals surface area contributed by atoms with E-state index in [9.17, 15) is 5.21 Å². The summed E-state index contributed by atoms with van der Waals surface area (Å²) in [6.07, 6.45) is 9.67. The van der Waals surface area contributed by atoms with Gasteiger partial charge in [0, 0.05) is 12.6 Å². The first-order valence-corrected chi connectivity index (χ1v) is 7.93. The topological polar surface area (TPSA) is 41.3 Å². The van der Waals surface area contributed by atoms with Crippen LogP contribution in [0.5, 0.6) is 0 Å². The van der Waals surface area contributed by atoms with E-state index in [1.165, 1.54) is 24.0 Å². The lowest BCUT2D eigenvalue weighted by Crippen LogP contribution is -2.25. The van der Waals surface area contributed by atoms with Crippen molar-refractivity contribution in [1.29, 1.82) is 0 Å². The predicted octanol–water partition coefficient (Wildman–Crippen LogP) is 3.23. The van der Waals surface area contributed by atoms with E-state index in [-0.39, 0.29) is 0 Å². The van der Waals surface area contributed by atoms with Gasteiger partial charge in [0.1, 0.15) is 0 Å². The number of allylic oxidation sites excluding steroid dienone is 1. The summed E-state index contributed by atoms with van der Waals surface area (Å²) in [6, 6.07) is 9.45. The van der Waals surface area contributed by atoms with Gasteiger partial charge in [-0.3, -0.25) is 4.90 Å². The van der Waals surface area contributed by atoms with Crippen LogP contribution in [0.2, 0.25) is 0 Å². The number of aromatic nitrogens is 2. The zero-order chi connectivity index (χ0) is 15.4. The fourth-order valence-corrected chi connectivity index (χ4v) is 3.26. The molecule has 1 aliphatic rings. The minimum atomic E-state index is 0.516. The van der Waals surface area contributed by atoms with Crippen molar-refractivity contribution in [2.45, 2.75) is 31.7 Å². The van der Waals surface area contributed by atoms with E-state index < -0.39 is 0 Å². The van der Waals surface area contributed by atoms with Crippen LogP contribution >= 0.6 is 0 Å². The molecular weight excluding hydrogens is 274 g/mol. The van der Waals surface area contributed by atoms with E-state index in [1.54, 1.807) is 12.4 Å². The zero-order valence-corrected chi connectivity index (χ0v) is 12.9. The molecule has 1 aromatic carbocycles. The normalized spacial score (nSPS) is 18.6. The van der Waals surface area contributed by atoms with Gasteiger partial charge in [-0.05, 0) is 48.9 Å². The lowest BCUT2D eigenvalue weighted by molar-refractivity contribution is 0.148. The Kier molecular flexibility index (Phi) is 4.59. The minimum Gasteiger partial charge on any atom is -0.412 e. The van der Waals surface area contributed by atoms with Gasteiger partial charge in [0.15, 0.2) is 0 Å². The largest absolute Gasteiger partial charge is 0.412 e. The van der Waals surface area contributed by atoms with Gasteiger partial charge in [0.05, 0.1) is 12.4 Å². The molecule has 0 bridgehead atoms. The van der Waals surface area contributed by atoms with Crippen LogP contribution < -0.4 is 0 Å². The third-order valence-corrected chi connectivity index (χ3v) is 4.42. The Hall–Kier alpha value is -2.07. The molecule has 1 aliphatic heterocycles. The quantitative estimate of drug-likeness (QED) is 0.657. The second-order valence-electron chi connectivity index (χ2n) is 5.95. The summed E-state index contributed by atoms with van der Waals surface area (Å²) in [4.78, 5) is 3.42. The van der Waals surface area contributed by atoms with Crippen molar-refractivity contribution in [2.24, 2.45) is 0 Å². The summed E-state index contributed by atoms with van der Waals surface area (Å²) < 4.78 is 0. The molecule has 0 aliphatic carbocycles. The van der Waals surface area contributed by atoms with Crippen molar-refractivity contribution in [1.82, 2.24) is 14.8 Å². The van der Waals surface area contributed by atoms with E-state index in [1.807, 2.05) is 6.08 Å². The first-order valence-electron chi connectivity index (χ1n) is 7.93. The maximum absolute atomic E-state index is 9.23. The second kappa shape index (κ2) is 6.79. The van der Waals surface area contributed by atoms with Crippen molar-refractivity contribution >= 4 is 0 Å². The maximum atomic E-state index is 9.23. The standard InChI is InChI=1S/C18H23N3O/c1-2-4-15-6-8-17(9-7-15)18-5-3-11-20(18)12-10-16-13-19-21(22)14-16/h2,6-9,13-14,18,22H,1,3-5,10-12H2/t18-/m0/s1. The first-order chi connectivity index (χ1) is 10.8. The van der Waals surface area contributed by atoms with E-state index in [0.29, 0.717) is 6.04 Å². The van der Waals surface area contributed by atoms with Gasteiger partial charge in [-0.2, -0.15) is 0 Å². The molecule has 4 nitrogen and oxygen atoms in total. The maximum Gasteiger partial charge on any atom is 0.0696 e. The van der Waals surface area contributed by atoms with Gasteiger partial charge >= 0.3 is 0 Å². The smallest absolute Gasteiger partial charge is 0.0696 e. The second-order valence-corrected chi connectivity index (χ2v) is 5.95. The van der Waals surface area contributed by atoms with E-state index in [2.05, 4.69) is 40.8 Å². The van der Waals surface area contributed by atoms with Crippen LogP contribution in [-0.4, -0.2) is 33.1 Å². The van der Waals surface area contributed by atoms with Crippen molar-refractivity contribution in [3.8, 4) is 0 Å². The van der Waals surface area contributed by atoms with E-state index >= 15 is 0 Å². The average Bonchev–Trinajstić information content (AvgIpc) is 3.15. The number of rotatable bonds is 6. The summed E-state index contributed by atoms with van der Waals surface area (Å²) >= 11 is 0. The molecule has 0 unspecified atom stereocenters. The molecule has 4 heteroatoms. The molecule has 1 aromatic heterocycles. The average molecular weight is 297 g/mol. The number of hydrogen-bond donors (Lipinski definition) is 1. The number of benzene rings is 1. The minimum absolute atomic E-state index is 0.516. The summed E-state index contributed by atoms with van der Waals surface area (Å²) in [6.45, 7) is 5.94. The Morgan fingerprint density at radius 2 is 2.09 bits per heavy atom. The fourth-order valence-electron chi connectivity index (χ4n) is 3.26. The molecule has 1 N–H and O–H groups in total. The number of likely N-dealkylation sites (tertiary alicyclic amines) is 1. The monoisotopic (exact) mass is 297 g/mol. The van der Waals surface area contributed by atoms with Crippen LogP contribution in [0.1, 0.15) is 35.6 Å². The van der Waals surface area contributed by atoms with Gasteiger partial charge in [0.25, 0.3) is 0 Å². The number of nitrogens with zero attached hydrogens (tertiary/aromatic N) is 3. The molecule has 116 valence electrons. The van der Waals surface area contributed by atoms with E-state index in [0.717, 1.165) is 36.3 Å². The lowest BCUT2D eigenvalue weighted by atomic mass is 10.0. The van der Waals surface area contributed by atoms with Crippen molar-refractivity contribution in [3.05, 3.63) is 66.0 Å².